The number of nitrogens with zero attached hydrogens (tertiary/aromatic N) is 2. The monoisotopic (exact) mass is 337 g/mol. The van der Waals surface area contributed by atoms with E-state index in [1.165, 1.54) is 17.7 Å². The molecule has 2 fully saturated rings. The number of nitrogens with one attached hydrogen (secondary N) is 1. The summed E-state index contributed by atoms with van der Waals surface area (Å²) in [5.41, 5.74) is 0. The van der Waals surface area contributed by atoms with Crippen LogP contribution in [0.15, 0.2) is 17.5 Å². The number of carbonyl (C=O) groups excluding carboxylic acids is 1. The van der Waals surface area contributed by atoms with Crippen LogP contribution in [0.4, 0.5) is 4.79 Å². The number of amides is 2. The van der Waals surface area contributed by atoms with Crippen LogP contribution in [-0.4, -0.2) is 59.8 Å². The van der Waals surface area contributed by atoms with Crippen LogP contribution in [0.2, 0.25) is 0 Å². The summed E-state index contributed by atoms with van der Waals surface area (Å²) in [6, 6.07) is 4.46. The normalized spacial score (nSPS) is 27.1. The summed E-state index contributed by atoms with van der Waals surface area (Å²) in [6.45, 7) is 6.08. The molecule has 6 heteroatoms. The molecular formula is C17H27N3O2S. The van der Waals surface area contributed by atoms with Gasteiger partial charge in [0, 0.05) is 24.5 Å². The van der Waals surface area contributed by atoms with Gasteiger partial charge in [-0.2, -0.15) is 0 Å². The zero-order chi connectivity index (χ0) is 16.2. The van der Waals surface area contributed by atoms with Gasteiger partial charge in [0.05, 0.1) is 12.1 Å². The van der Waals surface area contributed by atoms with Crippen molar-refractivity contribution in [3.8, 4) is 0 Å². The minimum Gasteiger partial charge on any atom is -0.391 e. The molecule has 3 atom stereocenters. The number of rotatable bonds is 4. The van der Waals surface area contributed by atoms with Gasteiger partial charge in [0.15, 0.2) is 0 Å². The summed E-state index contributed by atoms with van der Waals surface area (Å²) < 4.78 is 0. The average molecular weight is 337 g/mol. The van der Waals surface area contributed by atoms with Crippen LogP contribution in [-0.2, 0) is 0 Å². The van der Waals surface area contributed by atoms with Crippen molar-refractivity contribution in [2.24, 2.45) is 5.92 Å². The number of aliphatic hydroxyl groups excluding tert-OH is 1. The van der Waals surface area contributed by atoms with Crippen LogP contribution in [0.25, 0.3) is 0 Å². The van der Waals surface area contributed by atoms with Gasteiger partial charge in [0.2, 0.25) is 0 Å². The Balaban J connectivity index is 1.57. The third-order valence-electron chi connectivity index (χ3n) is 5.11. The first-order valence-electron chi connectivity index (χ1n) is 8.63. The summed E-state index contributed by atoms with van der Waals surface area (Å²) in [5.74, 6) is 0.280. The number of thiophene rings is 1. The third-order valence-corrected chi connectivity index (χ3v) is 6.08. The number of piperidine rings is 1. The molecule has 3 unspecified atom stereocenters. The molecule has 0 aliphatic carbocycles. The molecule has 3 rings (SSSR count). The Hall–Kier alpha value is -1.11. The molecule has 0 saturated carbocycles. The zero-order valence-electron chi connectivity index (χ0n) is 13.8. The first kappa shape index (κ1) is 16.7. The van der Waals surface area contributed by atoms with E-state index in [-0.39, 0.29) is 18.0 Å². The Morgan fingerprint density at radius 1 is 1.43 bits per heavy atom. The van der Waals surface area contributed by atoms with E-state index in [0.717, 1.165) is 26.1 Å². The molecule has 2 saturated heterocycles. The number of aliphatic hydroxyl groups is 1. The van der Waals surface area contributed by atoms with Gasteiger partial charge >= 0.3 is 6.03 Å². The lowest BCUT2D eigenvalue weighted by Gasteiger charge is -2.35. The van der Waals surface area contributed by atoms with Gasteiger partial charge in [-0.05, 0) is 49.7 Å². The molecule has 2 N–H and O–H groups in total. The maximum Gasteiger partial charge on any atom is 0.317 e. The van der Waals surface area contributed by atoms with E-state index in [1.54, 1.807) is 16.2 Å². The Morgan fingerprint density at radius 3 is 2.87 bits per heavy atom. The first-order valence-corrected chi connectivity index (χ1v) is 9.51. The van der Waals surface area contributed by atoms with Crippen LogP contribution in [0, 0.1) is 5.92 Å². The SMILES string of the molecule is CC1CCN(C(=O)NCC(c2cccs2)N2CCCC2)CC1O. The lowest BCUT2D eigenvalue weighted by Crippen LogP contribution is -2.50. The maximum atomic E-state index is 12.4. The standard InChI is InChI=1S/C17H27N3O2S/c1-13-6-9-20(12-15(13)21)17(22)18-11-14(16-5-4-10-23-16)19-7-2-3-8-19/h4-5,10,13-15,21H,2-3,6-9,11-12H2,1H3,(H,18,22). The summed E-state index contributed by atoms with van der Waals surface area (Å²) in [5, 5.41) is 15.2. The zero-order valence-corrected chi connectivity index (χ0v) is 14.6. The van der Waals surface area contributed by atoms with E-state index < -0.39 is 6.10 Å². The smallest absolute Gasteiger partial charge is 0.317 e. The summed E-state index contributed by atoms with van der Waals surface area (Å²) >= 11 is 1.76. The average Bonchev–Trinajstić information content (AvgIpc) is 3.24. The number of carbonyl (C=O) groups is 1. The Morgan fingerprint density at radius 2 is 2.22 bits per heavy atom. The van der Waals surface area contributed by atoms with Crippen molar-refractivity contribution in [1.82, 2.24) is 15.1 Å². The summed E-state index contributed by atoms with van der Waals surface area (Å²) in [7, 11) is 0. The van der Waals surface area contributed by atoms with Gasteiger partial charge < -0.3 is 15.3 Å². The fourth-order valence-electron chi connectivity index (χ4n) is 3.47. The number of urea groups is 1. The lowest BCUT2D eigenvalue weighted by atomic mass is 9.96. The largest absolute Gasteiger partial charge is 0.391 e. The maximum absolute atomic E-state index is 12.4. The predicted molar refractivity (Wildman–Crippen MR) is 92.6 cm³/mol. The molecule has 3 heterocycles. The van der Waals surface area contributed by atoms with Crippen LogP contribution in [0.5, 0.6) is 0 Å². The minimum atomic E-state index is -0.402. The molecule has 2 aliphatic heterocycles. The van der Waals surface area contributed by atoms with Gasteiger partial charge in [0.25, 0.3) is 0 Å². The molecule has 2 aliphatic rings. The number of β-amino-alcohol motifs (C(OH)–C–C–N with tert-alkyl or cyclic N) is 1. The summed E-state index contributed by atoms with van der Waals surface area (Å²) in [6.07, 6.45) is 2.95. The third kappa shape index (κ3) is 4.05. The fourth-order valence-corrected chi connectivity index (χ4v) is 4.33. The van der Waals surface area contributed by atoms with E-state index in [9.17, 15) is 9.90 Å². The molecule has 23 heavy (non-hydrogen) atoms. The van der Waals surface area contributed by atoms with Gasteiger partial charge in [-0.3, -0.25) is 4.90 Å². The Kier molecular flexibility index (Phi) is 5.56. The van der Waals surface area contributed by atoms with E-state index in [2.05, 4.69) is 27.7 Å². The first-order chi connectivity index (χ1) is 11.1. The highest BCUT2D eigenvalue weighted by atomic mass is 32.1. The molecule has 0 bridgehead atoms. The second kappa shape index (κ2) is 7.64. The van der Waals surface area contributed by atoms with Crippen molar-refractivity contribution < 1.29 is 9.90 Å². The van der Waals surface area contributed by atoms with Crippen molar-refractivity contribution in [3.63, 3.8) is 0 Å². The quantitative estimate of drug-likeness (QED) is 0.886. The van der Waals surface area contributed by atoms with Crippen molar-refractivity contribution in [2.75, 3.05) is 32.7 Å². The van der Waals surface area contributed by atoms with Gasteiger partial charge in [-0.1, -0.05) is 13.0 Å². The lowest BCUT2D eigenvalue weighted by molar-refractivity contribution is 0.0432. The fraction of sp³-hybridized carbons (Fsp3) is 0.706. The highest BCUT2D eigenvalue weighted by Gasteiger charge is 2.29. The van der Waals surface area contributed by atoms with Crippen LogP contribution in [0.1, 0.15) is 37.1 Å². The highest BCUT2D eigenvalue weighted by molar-refractivity contribution is 7.10. The highest BCUT2D eigenvalue weighted by Crippen LogP contribution is 2.28. The molecular weight excluding hydrogens is 310 g/mol. The minimum absolute atomic E-state index is 0.0447. The van der Waals surface area contributed by atoms with Crippen molar-refractivity contribution in [2.45, 2.75) is 38.3 Å². The van der Waals surface area contributed by atoms with E-state index in [1.807, 2.05) is 6.92 Å². The van der Waals surface area contributed by atoms with Crippen molar-refractivity contribution in [1.29, 1.82) is 0 Å². The number of likely N-dealkylation sites (tertiary alicyclic amines) is 2. The molecule has 2 amide bonds. The van der Waals surface area contributed by atoms with Crippen molar-refractivity contribution >= 4 is 17.4 Å². The molecule has 5 nitrogen and oxygen atoms in total. The second-order valence-corrected chi connectivity index (χ2v) is 7.72. The van der Waals surface area contributed by atoms with E-state index in [4.69, 9.17) is 0 Å². The molecule has 128 valence electrons. The van der Waals surface area contributed by atoms with E-state index >= 15 is 0 Å². The van der Waals surface area contributed by atoms with Crippen LogP contribution >= 0.6 is 11.3 Å². The summed E-state index contributed by atoms with van der Waals surface area (Å²) in [4.78, 5) is 18.0. The van der Waals surface area contributed by atoms with Gasteiger partial charge in [-0.25, -0.2) is 4.79 Å². The predicted octanol–water partition coefficient (Wildman–Crippen LogP) is 2.30. The molecule has 1 aromatic heterocycles. The molecule has 1 aromatic rings. The Bertz CT molecular complexity index is 502. The van der Waals surface area contributed by atoms with Gasteiger partial charge in [0.1, 0.15) is 0 Å². The van der Waals surface area contributed by atoms with E-state index in [0.29, 0.717) is 13.1 Å². The topological polar surface area (TPSA) is 55.8 Å². The van der Waals surface area contributed by atoms with Crippen LogP contribution < -0.4 is 5.32 Å². The van der Waals surface area contributed by atoms with Gasteiger partial charge in [-0.15, -0.1) is 11.3 Å². The van der Waals surface area contributed by atoms with Crippen molar-refractivity contribution in [3.05, 3.63) is 22.4 Å². The molecule has 0 radical (unpaired) electrons. The second-order valence-electron chi connectivity index (χ2n) is 6.74. The number of hydrogen-bond acceptors (Lipinski definition) is 4. The van der Waals surface area contributed by atoms with Crippen LogP contribution in [0.3, 0.4) is 0 Å². The molecule has 0 aromatic carbocycles. The Labute approximate surface area is 142 Å². The number of hydrogen-bond donors (Lipinski definition) is 2. The molecule has 0 spiro atoms.